The van der Waals surface area contributed by atoms with Gasteiger partial charge in [-0.05, 0) is 24.6 Å². The summed E-state index contributed by atoms with van der Waals surface area (Å²) in [5.41, 5.74) is 5.44. The number of nitrogen functional groups attached to an aromatic ring is 1. The highest BCUT2D eigenvalue weighted by molar-refractivity contribution is 5.43. The van der Waals surface area contributed by atoms with E-state index in [-0.39, 0.29) is 18.1 Å². The molecule has 1 aromatic heterocycles. The van der Waals surface area contributed by atoms with Crippen molar-refractivity contribution in [2.75, 3.05) is 5.73 Å². The van der Waals surface area contributed by atoms with Crippen molar-refractivity contribution in [2.24, 2.45) is 0 Å². The molecule has 94 valence electrons. The number of aliphatic hydroxyl groups is 1. The van der Waals surface area contributed by atoms with Gasteiger partial charge in [0.1, 0.15) is 11.6 Å². The third-order valence-electron chi connectivity index (χ3n) is 2.91. The van der Waals surface area contributed by atoms with Crippen molar-refractivity contribution < 1.29 is 9.50 Å². The molecule has 4 heteroatoms. The summed E-state index contributed by atoms with van der Waals surface area (Å²) in [5.74, 6) is -0.0703. The van der Waals surface area contributed by atoms with Crippen LogP contribution in [0.15, 0.2) is 42.6 Å². The third-order valence-corrected chi connectivity index (χ3v) is 2.91. The number of anilines is 1. The Morgan fingerprint density at radius 2 is 2.00 bits per heavy atom. The zero-order chi connectivity index (χ0) is 13.2. The highest BCUT2D eigenvalue weighted by Crippen LogP contribution is 2.29. The molecule has 0 saturated carbocycles. The lowest BCUT2D eigenvalue weighted by atomic mass is 9.89. The molecule has 0 amide bonds. The van der Waals surface area contributed by atoms with E-state index in [2.05, 4.69) is 4.98 Å². The summed E-state index contributed by atoms with van der Waals surface area (Å²) in [5, 5.41) is 10.5. The van der Waals surface area contributed by atoms with Crippen molar-refractivity contribution in [3.05, 3.63) is 59.5 Å². The van der Waals surface area contributed by atoms with E-state index in [1.807, 2.05) is 0 Å². The summed E-state index contributed by atoms with van der Waals surface area (Å²) in [6.07, 6.45) is 1.70. The van der Waals surface area contributed by atoms with Gasteiger partial charge >= 0.3 is 0 Å². The summed E-state index contributed by atoms with van der Waals surface area (Å²) < 4.78 is 13.6. The van der Waals surface area contributed by atoms with Gasteiger partial charge in [-0.2, -0.15) is 0 Å². The Kier molecular flexibility index (Phi) is 3.30. The number of pyridine rings is 1. The average molecular weight is 246 g/mol. The molecule has 1 aromatic carbocycles. The smallest absolute Gasteiger partial charge is 0.129 e. The molecule has 2 rings (SSSR count). The minimum Gasteiger partial charge on any atom is -0.385 e. The van der Waals surface area contributed by atoms with E-state index in [0.717, 1.165) is 0 Å². The lowest BCUT2D eigenvalue weighted by Gasteiger charge is -2.25. The Balaban J connectivity index is 2.33. The van der Waals surface area contributed by atoms with Crippen molar-refractivity contribution in [3.8, 4) is 0 Å². The van der Waals surface area contributed by atoms with Gasteiger partial charge in [-0.15, -0.1) is 0 Å². The van der Waals surface area contributed by atoms with E-state index in [1.165, 1.54) is 6.07 Å². The molecule has 1 unspecified atom stereocenters. The van der Waals surface area contributed by atoms with E-state index in [4.69, 9.17) is 5.73 Å². The van der Waals surface area contributed by atoms with Crippen LogP contribution in [-0.2, 0) is 12.0 Å². The second kappa shape index (κ2) is 4.74. The van der Waals surface area contributed by atoms with E-state index in [9.17, 15) is 9.50 Å². The summed E-state index contributed by atoms with van der Waals surface area (Å²) in [6.45, 7) is 1.60. The van der Waals surface area contributed by atoms with Gasteiger partial charge in [-0.1, -0.05) is 24.3 Å². The first-order chi connectivity index (χ1) is 8.50. The first kappa shape index (κ1) is 12.5. The van der Waals surface area contributed by atoms with Crippen LogP contribution in [0.25, 0.3) is 0 Å². The predicted molar refractivity (Wildman–Crippen MR) is 68.3 cm³/mol. The van der Waals surface area contributed by atoms with Crippen LogP contribution in [0.3, 0.4) is 0 Å². The van der Waals surface area contributed by atoms with Crippen LogP contribution in [0, 0.1) is 5.82 Å². The molecule has 0 fully saturated rings. The molecule has 1 heterocycles. The van der Waals surface area contributed by atoms with Gasteiger partial charge in [0, 0.05) is 18.2 Å². The second-order valence-corrected chi connectivity index (χ2v) is 4.48. The number of nitrogens with two attached hydrogens (primary N) is 1. The van der Waals surface area contributed by atoms with Crippen LogP contribution < -0.4 is 5.73 Å². The zero-order valence-corrected chi connectivity index (χ0v) is 10.1. The highest BCUT2D eigenvalue weighted by atomic mass is 19.1. The first-order valence-corrected chi connectivity index (χ1v) is 5.67. The summed E-state index contributed by atoms with van der Waals surface area (Å²) >= 11 is 0. The van der Waals surface area contributed by atoms with Crippen LogP contribution in [0.5, 0.6) is 0 Å². The number of hydrogen-bond acceptors (Lipinski definition) is 3. The first-order valence-electron chi connectivity index (χ1n) is 5.67. The quantitative estimate of drug-likeness (QED) is 0.873. The molecular formula is C14H15FN2O. The number of rotatable bonds is 3. The number of halogens is 1. The van der Waals surface area contributed by atoms with Crippen molar-refractivity contribution in [2.45, 2.75) is 18.9 Å². The fourth-order valence-electron chi connectivity index (χ4n) is 1.98. The summed E-state index contributed by atoms with van der Waals surface area (Å²) in [4.78, 5) is 3.93. The average Bonchev–Trinajstić information content (AvgIpc) is 2.32. The fourth-order valence-corrected chi connectivity index (χ4v) is 1.98. The second-order valence-electron chi connectivity index (χ2n) is 4.48. The van der Waals surface area contributed by atoms with Gasteiger partial charge < -0.3 is 10.8 Å². The predicted octanol–water partition coefficient (Wildman–Crippen LogP) is 2.25. The molecule has 1 atom stereocenters. The monoisotopic (exact) mass is 246 g/mol. The van der Waals surface area contributed by atoms with Crippen LogP contribution in [0.4, 0.5) is 10.2 Å². The van der Waals surface area contributed by atoms with Crippen molar-refractivity contribution in [3.63, 3.8) is 0 Å². The van der Waals surface area contributed by atoms with E-state index in [0.29, 0.717) is 11.1 Å². The molecule has 3 nitrogen and oxygen atoms in total. The minimum atomic E-state index is -1.25. The lowest BCUT2D eigenvalue weighted by Crippen LogP contribution is -2.26. The van der Waals surface area contributed by atoms with E-state index in [1.54, 1.807) is 43.5 Å². The Labute approximate surface area is 105 Å². The van der Waals surface area contributed by atoms with E-state index >= 15 is 0 Å². The van der Waals surface area contributed by atoms with Gasteiger partial charge in [-0.25, -0.2) is 9.37 Å². The van der Waals surface area contributed by atoms with Crippen LogP contribution >= 0.6 is 0 Å². The van der Waals surface area contributed by atoms with Crippen molar-refractivity contribution in [1.82, 2.24) is 4.98 Å². The Morgan fingerprint density at radius 3 is 2.67 bits per heavy atom. The molecule has 0 aliphatic heterocycles. The van der Waals surface area contributed by atoms with Gasteiger partial charge in [0.05, 0.1) is 5.60 Å². The molecule has 0 bridgehead atoms. The molecule has 0 saturated heterocycles. The van der Waals surface area contributed by atoms with Crippen molar-refractivity contribution >= 4 is 5.82 Å². The lowest BCUT2D eigenvalue weighted by molar-refractivity contribution is 0.0572. The fraction of sp³-hybridized carbons (Fsp3) is 0.214. The van der Waals surface area contributed by atoms with Crippen molar-refractivity contribution in [1.29, 1.82) is 0 Å². The summed E-state index contributed by atoms with van der Waals surface area (Å²) in [7, 11) is 0. The van der Waals surface area contributed by atoms with Crippen LogP contribution in [-0.4, -0.2) is 10.1 Å². The number of benzene rings is 1. The minimum absolute atomic E-state index is 0.148. The standard InChI is InChI=1S/C14H15FN2O/c1-14(18,11-6-4-8-17-13(11)16)9-10-5-2-3-7-12(10)15/h2-8,18H,9H2,1H3,(H2,16,17). The SMILES string of the molecule is CC(O)(Cc1ccccc1F)c1cccnc1N. The molecular weight excluding hydrogens is 231 g/mol. The third kappa shape index (κ3) is 2.49. The van der Waals surface area contributed by atoms with Crippen LogP contribution in [0.1, 0.15) is 18.1 Å². The Hall–Kier alpha value is -1.94. The molecule has 0 aliphatic rings. The topological polar surface area (TPSA) is 59.1 Å². The molecule has 18 heavy (non-hydrogen) atoms. The highest BCUT2D eigenvalue weighted by Gasteiger charge is 2.27. The normalized spacial score (nSPS) is 14.2. The number of nitrogens with zero attached hydrogens (tertiary/aromatic N) is 1. The molecule has 0 aliphatic carbocycles. The Morgan fingerprint density at radius 1 is 1.28 bits per heavy atom. The number of aromatic nitrogens is 1. The van der Waals surface area contributed by atoms with Gasteiger partial charge in [0.15, 0.2) is 0 Å². The van der Waals surface area contributed by atoms with Crippen LogP contribution in [0.2, 0.25) is 0 Å². The maximum Gasteiger partial charge on any atom is 0.129 e. The molecule has 2 aromatic rings. The maximum absolute atomic E-state index is 13.6. The number of hydrogen-bond donors (Lipinski definition) is 2. The molecule has 0 radical (unpaired) electrons. The Bertz CT molecular complexity index is 555. The van der Waals surface area contributed by atoms with Gasteiger partial charge in [0.25, 0.3) is 0 Å². The van der Waals surface area contributed by atoms with Gasteiger partial charge in [0.2, 0.25) is 0 Å². The maximum atomic E-state index is 13.6. The molecule has 3 N–H and O–H groups in total. The zero-order valence-electron chi connectivity index (χ0n) is 10.1. The van der Waals surface area contributed by atoms with Gasteiger partial charge in [-0.3, -0.25) is 0 Å². The van der Waals surface area contributed by atoms with E-state index < -0.39 is 5.60 Å². The summed E-state index contributed by atoms with van der Waals surface area (Å²) in [6, 6.07) is 9.77. The largest absolute Gasteiger partial charge is 0.385 e. The molecule has 0 spiro atoms.